The third kappa shape index (κ3) is 3.48. The molecule has 1 aromatic heterocycles. The minimum atomic E-state index is 0.113. The fourth-order valence-corrected chi connectivity index (χ4v) is 3.05. The number of phenolic OH excluding ortho intramolecular Hbond substituents is 1. The smallest absolute Gasteiger partial charge is 0.142 e. The lowest BCUT2D eigenvalue weighted by Crippen LogP contribution is -1.96. The SMILES string of the molecule is Oc1ccccc1N=Cc1c(-c2ccccc2)nn(-c2ccccc2)c1Cl. The van der Waals surface area contributed by atoms with Gasteiger partial charge in [-0.2, -0.15) is 5.10 Å². The number of aromatic nitrogens is 2. The second-order valence-corrected chi connectivity index (χ2v) is 6.27. The monoisotopic (exact) mass is 373 g/mol. The molecule has 4 rings (SSSR count). The van der Waals surface area contributed by atoms with Crippen molar-refractivity contribution in [2.75, 3.05) is 0 Å². The Hall–Kier alpha value is -3.37. The fourth-order valence-electron chi connectivity index (χ4n) is 2.78. The van der Waals surface area contributed by atoms with E-state index in [9.17, 15) is 5.11 Å². The molecule has 1 heterocycles. The Morgan fingerprint density at radius 3 is 2.19 bits per heavy atom. The highest BCUT2D eigenvalue weighted by Gasteiger charge is 2.17. The van der Waals surface area contributed by atoms with Crippen molar-refractivity contribution in [3.63, 3.8) is 0 Å². The number of aliphatic imine (C=N–C) groups is 1. The summed E-state index contributed by atoms with van der Waals surface area (Å²) in [7, 11) is 0. The molecule has 0 saturated carbocycles. The van der Waals surface area contributed by atoms with Crippen molar-refractivity contribution < 1.29 is 5.11 Å². The molecule has 0 spiro atoms. The van der Waals surface area contributed by atoms with Crippen LogP contribution in [0, 0.1) is 0 Å². The second kappa shape index (κ2) is 7.48. The van der Waals surface area contributed by atoms with Gasteiger partial charge in [0.1, 0.15) is 22.3 Å². The summed E-state index contributed by atoms with van der Waals surface area (Å²) in [5.41, 5.74) is 3.69. The third-order valence-electron chi connectivity index (χ3n) is 4.13. The van der Waals surface area contributed by atoms with Crippen LogP contribution in [0.1, 0.15) is 5.56 Å². The minimum Gasteiger partial charge on any atom is -0.506 e. The van der Waals surface area contributed by atoms with Gasteiger partial charge in [0.25, 0.3) is 0 Å². The molecule has 0 aliphatic heterocycles. The molecular weight excluding hydrogens is 358 g/mol. The third-order valence-corrected chi connectivity index (χ3v) is 4.49. The van der Waals surface area contributed by atoms with Crippen LogP contribution in [0.3, 0.4) is 0 Å². The van der Waals surface area contributed by atoms with Crippen molar-refractivity contribution in [2.45, 2.75) is 0 Å². The van der Waals surface area contributed by atoms with Gasteiger partial charge in [-0.3, -0.25) is 4.99 Å². The Morgan fingerprint density at radius 1 is 0.852 bits per heavy atom. The van der Waals surface area contributed by atoms with Crippen molar-refractivity contribution in [1.29, 1.82) is 0 Å². The van der Waals surface area contributed by atoms with Gasteiger partial charge in [-0.25, -0.2) is 4.68 Å². The zero-order valence-electron chi connectivity index (χ0n) is 14.3. The molecule has 4 aromatic rings. The van der Waals surface area contributed by atoms with Crippen LogP contribution in [-0.4, -0.2) is 21.1 Å². The lowest BCUT2D eigenvalue weighted by Gasteiger charge is -2.01. The molecular formula is C22H16ClN3O. The van der Waals surface area contributed by atoms with Gasteiger partial charge in [0.05, 0.1) is 11.3 Å². The van der Waals surface area contributed by atoms with Gasteiger partial charge in [-0.05, 0) is 24.3 Å². The van der Waals surface area contributed by atoms with Crippen LogP contribution < -0.4 is 0 Å². The first-order valence-corrected chi connectivity index (χ1v) is 8.83. The predicted octanol–water partition coefficient (Wildman–Crippen LogP) is 5.65. The molecule has 0 aliphatic rings. The first kappa shape index (κ1) is 17.1. The quantitative estimate of drug-likeness (QED) is 0.470. The largest absolute Gasteiger partial charge is 0.506 e. The molecule has 27 heavy (non-hydrogen) atoms. The summed E-state index contributed by atoms with van der Waals surface area (Å²) in [6.07, 6.45) is 1.64. The van der Waals surface area contributed by atoms with Gasteiger partial charge >= 0.3 is 0 Å². The molecule has 0 fully saturated rings. The minimum absolute atomic E-state index is 0.113. The number of hydrogen-bond acceptors (Lipinski definition) is 3. The molecule has 0 saturated heterocycles. The van der Waals surface area contributed by atoms with Crippen LogP contribution >= 0.6 is 11.6 Å². The number of nitrogens with zero attached hydrogens (tertiary/aromatic N) is 3. The number of hydrogen-bond donors (Lipinski definition) is 1. The summed E-state index contributed by atoms with van der Waals surface area (Å²) < 4.78 is 1.69. The van der Waals surface area contributed by atoms with Crippen LogP contribution in [0.2, 0.25) is 5.15 Å². The van der Waals surface area contributed by atoms with Gasteiger partial charge in [0.2, 0.25) is 0 Å². The van der Waals surface area contributed by atoms with E-state index in [2.05, 4.69) is 4.99 Å². The predicted molar refractivity (Wildman–Crippen MR) is 109 cm³/mol. The van der Waals surface area contributed by atoms with E-state index in [1.165, 1.54) is 0 Å². The molecule has 0 atom stereocenters. The molecule has 0 bridgehead atoms. The highest BCUT2D eigenvalue weighted by atomic mass is 35.5. The van der Waals surface area contributed by atoms with E-state index in [0.29, 0.717) is 16.4 Å². The van der Waals surface area contributed by atoms with Crippen molar-refractivity contribution in [1.82, 2.24) is 9.78 Å². The van der Waals surface area contributed by atoms with Crippen molar-refractivity contribution in [3.05, 3.63) is 95.6 Å². The Balaban J connectivity index is 1.86. The molecule has 5 heteroatoms. The van der Waals surface area contributed by atoms with Gasteiger partial charge in [0.15, 0.2) is 0 Å². The van der Waals surface area contributed by atoms with E-state index in [4.69, 9.17) is 16.7 Å². The molecule has 132 valence electrons. The summed E-state index contributed by atoms with van der Waals surface area (Å²) >= 11 is 6.67. The first-order valence-electron chi connectivity index (χ1n) is 8.45. The normalized spacial score (nSPS) is 11.1. The maximum absolute atomic E-state index is 9.96. The fraction of sp³-hybridized carbons (Fsp3) is 0. The van der Waals surface area contributed by atoms with Crippen molar-refractivity contribution in [3.8, 4) is 22.7 Å². The molecule has 0 aliphatic carbocycles. The van der Waals surface area contributed by atoms with Gasteiger partial charge in [-0.15, -0.1) is 0 Å². The van der Waals surface area contributed by atoms with Crippen LogP contribution in [0.4, 0.5) is 5.69 Å². The number of aromatic hydroxyl groups is 1. The Kier molecular flexibility index (Phi) is 4.73. The zero-order chi connectivity index (χ0) is 18.6. The van der Waals surface area contributed by atoms with Crippen LogP contribution in [-0.2, 0) is 0 Å². The van der Waals surface area contributed by atoms with E-state index in [-0.39, 0.29) is 5.75 Å². The number of para-hydroxylation sites is 3. The molecule has 0 amide bonds. The maximum Gasteiger partial charge on any atom is 0.142 e. The number of phenols is 1. The lowest BCUT2D eigenvalue weighted by atomic mass is 10.1. The summed E-state index contributed by atoms with van der Waals surface area (Å²) in [5, 5.41) is 15.1. The average molecular weight is 374 g/mol. The van der Waals surface area contributed by atoms with E-state index in [1.54, 1.807) is 29.1 Å². The molecule has 0 unspecified atom stereocenters. The van der Waals surface area contributed by atoms with E-state index >= 15 is 0 Å². The van der Waals surface area contributed by atoms with Gasteiger partial charge in [-0.1, -0.05) is 72.3 Å². The highest BCUT2D eigenvalue weighted by molar-refractivity contribution is 6.33. The average Bonchev–Trinajstić information content (AvgIpc) is 3.05. The Labute approximate surface area is 162 Å². The number of rotatable bonds is 4. The van der Waals surface area contributed by atoms with E-state index < -0.39 is 0 Å². The molecule has 4 nitrogen and oxygen atoms in total. The van der Waals surface area contributed by atoms with Crippen molar-refractivity contribution in [2.24, 2.45) is 4.99 Å². The number of benzene rings is 3. The molecule has 0 radical (unpaired) electrons. The van der Waals surface area contributed by atoms with Crippen LogP contribution in [0.15, 0.2) is 89.9 Å². The maximum atomic E-state index is 9.96. The second-order valence-electron chi connectivity index (χ2n) is 5.91. The van der Waals surface area contributed by atoms with Gasteiger partial charge in [0, 0.05) is 11.8 Å². The standard InChI is InChI=1S/C22H16ClN3O/c23-22-18(15-24-19-13-7-8-14-20(19)27)21(16-9-3-1-4-10-16)25-26(22)17-11-5-2-6-12-17/h1-15,27H. The zero-order valence-corrected chi connectivity index (χ0v) is 15.1. The lowest BCUT2D eigenvalue weighted by molar-refractivity contribution is 0.477. The van der Waals surface area contributed by atoms with Crippen LogP contribution in [0.25, 0.3) is 16.9 Å². The van der Waals surface area contributed by atoms with E-state index in [0.717, 1.165) is 16.9 Å². The van der Waals surface area contributed by atoms with Crippen molar-refractivity contribution >= 4 is 23.5 Å². The topological polar surface area (TPSA) is 50.4 Å². The highest BCUT2D eigenvalue weighted by Crippen LogP contribution is 2.31. The summed E-state index contributed by atoms with van der Waals surface area (Å²) in [6, 6.07) is 26.4. The first-order chi connectivity index (χ1) is 13.2. The Bertz CT molecular complexity index is 1090. The summed E-state index contributed by atoms with van der Waals surface area (Å²) in [6.45, 7) is 0. The molecule has 3 aromatic carbocycles. The Morgan fingerprint density at radius 2 is 1.48 bits per heavy atom. The molecule has 1 N–H and O–H groups in total. The van der Waals surface area contributed by atoms with Crippen LogP contribution in [0.5, 0.6) is 5.75 Å². The summed E-state index contributed by atoms with van der Waals surface area (Å²) in [5.74, 6) is 0.113. The number of halogens is 1. The van der Waals surface area contributed by atoms with Gasteiger partial charge < -0.3 is 5.11 Å². The summed E-state index contributed by atoms with van der Waals surface area (Å²) in [4.78, 5) is 4.42. The van der Waals surface area contributed by atoms with E-state index in [1.807, 2.05) is 66.7 Å².